The fraction of sp³-hybridized carbons (Fsp3) is 0.263. The Morgan fingerprint density at radius 3 is 2.43 bits per heavy atom. The van der Waals surface area contributed by atoms with Crippen molar-refractivity contribution >= 4 is 27.6 Å². The fourth-order valence-corrected chi connectivity index (χ4v) is 3.14. The van der Waals surface area contributed by atoms with Crippen LogP contribution < -0.4 is 14.8 Å². The second-order valence-corrected chi connectivity index (χ2v) is 7.67. The van der Waals surface area contributed by atoms with E-state index in [1.807, 2.05) is 30.3 Å². The summed E-state index contributed by atoms with van der Waals surface area (Å²) in [6.07, 6.45) is 0. The van der Waals surface area contributed by atoms with Crippen molar-refractivity contribution in [2.45, 2.75) is 20.4 Å². The molecule has 2 N–H and O–H groups in total. The number of benzene rings is 2. The lowest BCUT2D eigenvalue weighted by Crippen LogP contribution is -2.28. The zero-order chi connectivity index (χ0) is 20.6. The number of rotatable bonds is 9. The van der Waals surface area contributed by atoms with Crippen LogP contribution in [-0.2, 0) is 30.9 Å². The van der Waals surface area contributed by atoms with Gasteiger partial charge in [0.25, 0.3) is 15.9 Å². The standard InChI is InChI=1S/C19H22N2O6S/c1-14-10-17(8-9-18(14)21-28(24,25)13-27-15(2)22)26-12-19(23)20-11-16-6-4-3-5-7-16/h3-10,21H,11-13H2,1-2H3,(H,20,23). The van der Waals surface area contributed by atoms with E-state index in [0.717, 1.165) is 12.5 Å². The van der Waals surface area contributed by atoms with Gasteiger partial charge in [0.2, 0.25) is 5.94 Å². The number of sulfonamides is 1. The minimum Gasteiger partial charge on any atom is -0.484 e. The molecule has 8 nitrogen and oxygen atoms in total. The molecule has 2 aromatic rings. The maximum atomic E-state index is 11.9. The van der Waals surface area contributed by atoms with Gasteiger partial charge in [0, 0.05) is 13.5 Å². The molecule has 150 valence electrons. The number of ether oxygens (including phenoxy) is 2. The van der Waals surface area contributed by atoms with E-state index in [9.17, 15) is 18.0 Å². The normalized spacial score (nSPS) is 10.8. The highest BCUT2D eigenvalue weighted by Crippen LogP contribution is 2.22. The highest BCUT2D eigenvalue weighted by atomic mass is 32.2. The van der Waals surface area contributed by atoms with Crippen LogP contribution in [0, 0.1) is 6.92 Å². The molecule has 9 heteroatoms. The second kappa shape index (κ2) is 9.75. The van der Waals surface area contributed by atoms with E-state index in [1.165, 1.54) is 6.07 Å². The van der Waals surface area contributed by atoms with Gasteiger partial charge in [0.05, 0.1) is 5.69 Å². The van der Waals surface area contributed by atoms with Gasteiger partial charge in [-0.05, 0) is 36.2 Å². The summed E-state index contributed by atoms with van der Waals surface area (Å²) in [4.78, 5) is 22.6. The third-order valence-corrected chi connectivity index (χ3v) is 4.54. The van der Waals surface area contributed by atoms with Crippen LogP contribution in [0.2, 0.25) is 0 Å². The van der Waals surface area contributed by atoms with E-state index >= 15 is 0 Å². The molecule has 0 bridgehead atoms. The topological polar surface area (TPSA) is 111 Å². The molecule has 2 aromatic carbocycles. The highest BCUT2D eigenvalue weighted by molar-refractivity contribution is 7.92. The summed E-state index contributed by atoms with van der Waals surface area (Å²) in [5.74, 6) is -1.29. The predicted octanol–water partition coefficient (Wildman–Crippen LogP) is 1.95. The van der Waals surface area contributed by atoms with Crippen LogP contribution in [0.15, 0.2) is 48.5 Å². The summed E-state index contributed by atoms with van der Waals surface area (Å²) < 4.78 is 36.0. The monoisotopic (exact) mass is 406 g/mol. The first-order valence-electron chi connectivity index (χ1n) is 8.43. The maximum absolute atomic E-state index is 11.9. The number of esters is 1. The van der Waals surface area contributed by atoms with E-state index in [4.69, 9.17) is 4.74 Å². The maximum Gasteiger partial charge on any atom is 0.303 e. The van der Waals surface area contributed by atoms with E-state index in [1.54, 1.807) is 19.1 Å². The van der Waals surface area contributed by atoms with Gasteiger partial charge in [-0.25, -0.2) is 8.42 Å². The molecule has 0 aromatic heterocycles. The quantitative estimate of drug-likeness (QED) is 0.616. The van der Waals surface area contributed by atoms with E-state index < -0.39 is 21.9 Å². The Kier molecular flexibility index (Phi) is 7.39. The number of nitrogens with one attached hydrogen (secondary N) is 2. The molecule has 0 spiro atoms. The Hall–Kier alpha value is -3.07. The summed E-state index contributed by atoms with van der Waals surface area (Å²) in [7, 11) is -3.82. The lowest BCUT2D eigenvalue weighted by molar-refractivity contribution is -0.138. The average molecular weight is 406 g/mol. The van der Waals surface area contributed by atoms with Crippen LogP contribution in [0.4, 0.5) is 5.69 Å². The average Bonchev–Trinajstić information content (AvgIpc) is 2.66. The molecule has 0 unspecified atom stereocenters. The summed E-state index contributed by atoms with van der Waals surface area (Å²) in [5.41, 5.74) is 1.90. The lowest BCUT2D eigenvalue weighted by atomic mass is 10.2. The molecular weight excluding hydrogens is 384 g/mol. The third kappa shape index (κ3) is 7.28. The molecule has 0 atom stereocenters. The molecule has 0 radical (unpaired) electrons. The van der Waals surface area contributed by atoms with E-state index in [2.05, 4.69) is 14.8 Å². The molecule has 0 heterocycles. The van der Waals surface area contributed by atoms with Crippen LogP contribution in [-0.4, -0.2) is 32.8 Å². The molecule has 1 amide bonds. The molecule has 0 fully saturated rings. The number of hydrogen-bond acceptors (Lipinski definition) is 6. The first kappa shape index (κ1) is 21.2. The SMILES string of the molecule is CC(=O)OCS(=O)(=O)Nc1ccc(OCC(=O)NCc2ccccc2)cc1C. The molecule has 0 saturated carbocycles. The number of anilines is 1. The van der Waals surface area contributed by atoms with Gasteiger partial charge in [-0.2, -0.15) is 0 Å². The van der Waals surface area contributed by atoms with Crippen LogP contribution in [0.25, 0.3) is 0 Å². The fourth-order valence-electron chi connectivity index (χ4n) is 2.19. The van der Waals surface area contributed by atoms with Crippen molar-refractivity contribution in [3.8, 4) is 5.75 Å². The van der Waals surface area contributed by atoms with Gasteiger partial charge >= 0.3 is 5.97 Å². The minimum absolute atomic E-state index is 0.163. The van der Waals surface area contributed by atoms with Crippen LogP contribution in [0.3, 0.4) is 0 Å². The zero-order valence-electron chi connectivity index (χ0n) is 15.6. The summed E-state index contributed by atoms with van der Waals surface area (Å²) in [6.45, 7) is 3.06. The van der Waals surface area contributed by atoms with Crippen molar-refractivity contribution in [3.63, 3.8) is 0 Å². The van der Waals surface area contributed by atoms with Crippen molar-refractivity contribution < 1.29 is 27.5 Å². The van der Waals surface area contributed by atoms with E-state index in [-0.39, 0.29) is 12.5 Å². The molecule has 0 saturated heterocycles. The van der Waals surface area contributed by atoms with Crippen LogP contribution in [0.5, 0.6) is 5.75 Å². The number of carbonyl (C=O) groups excluding carboxylic acids is 2. The predicted molar refractivity (Wildman–Crippen MR) is 104 cm³/mol. The van der Waals surface area contributed by atoms with Crippen molar-refractivity contribution in [1.29, 1.82) is 0 Å². The molecule has 0 aliphatic rings. The van der Waals surface area contributed by atoms with Gasteiger partial charge in [-0.15, -0.1) is 0 Å². The number of hydrogen-bond donors (Lipinski definition) is 2. The molecular formula is C19H22N2O6S. The van der Waals surface area contributed by atoms with Crippen molar-refractivity contribution in [3.05, 3.63) is 59.7 Å². The Morgan fingerprint density at radius 2 is 1.79 bits per heavy atom. The van der Waals surface area contributed by atoms with Crippen molar-refractivity contribution in [2.24, 2.45) is 0 Å². The summed E-state index contributed by atoms with van der Waals surface area (Å²) in [6, 6.07) is 14.2. The van der Waals surface area contributed by atoms with Crippen LogP contribution in [0.1, 0.15) is 18.1 Å². The smallest absolute Gasteiger partial charge is 0.303 e. The Bertz CT molecular complexity index is 929. The van der Waals surface area contributed by atoms with Gasteiger partial charge in [0.1, 0.15) is 5.75 Å². The minimum atomic E-state index is -3.82. The summed E-state index contributed by atoms with van der Waals surface area (Å²) >= 11 is 0. The van der Waals surface area contributed by atoms with Gasteiger partial charge in [-0.3, -0.25) is 14.3 Å². The molecule has 0 aliphatic heterocycles. The molecule has 0 aliphatic carbocycles. The van der Waals surface area contributed by atoms with Gasteiger partial charge in [0.15, 0.2) is 6.61 Å². The second-order valence-electron chi connectivity index (χ2n) is 6.00. The zero-order valence-corrected chi connectivity index (χ0v) is 16.4. The highest BCUT2D eigenvalue weighted by Gasteiger charge is 2.14. The molecule has 2 rings (SSSR count). The third-order valence-electron chi connectivity index (χ3n) is 3.58. The Balaban J connectivity index is 1.86. The van der Waals surface area contributed by atoms with Gasteiger partial charge in [-0.1, -0.05) is 30.3 Å². The first-order valence-corrected chi connectivity index (χ1v) is 10.1. The number of amides is 1. The van der Waals surface area contributed by atoms with Gasteiger partial charge < -0.3 is 14.8 Å². The lowest BCUT2D eigenvalue weighted by Gasteiger charge is -2.12. The number of aryl methyl sites for hydroxylation is 1. The number of carbonyl (C=O) groups is 2. The van der Waals surface area contributed by atoms with Crippen molar-refractivity contribution in [2.75, 3.05) is 17.3 Å². The van der Waals surface area contributed by atoms with Crippen molar-refractivity contribution in [1.82, 2.24) is 5.32 Å². The summed E-state index contributed by atoms with van der Waals surface area (Å²) in [5, 5.41) is 2.75. The van der Waals surface area contributed by atoms with Crippen LogP contribution >= 0.6 is 0 Å². The molecule has 28 heavy (non-hydrogen) atoms. The Morgan fingerprint density at radius 1 is 1.07 bits per heavy atom. The first-order chi connectivity index (χ1) is 13.2. The van der Waals surface area contributed by atoms with E-state index in [0.29, 0.717) is 23.5 Å². The Labute approximate surface area is 163 Å². The largest absolute Gasteiger partial charge is 0.484 e.